The molecule has 15 heteroatoms. The van der Waals surface area contributed by atoms with Crippen LogP contribution in [0, 0.1) is 5.41 Å². The summed E-state index contributed by atoms with van der Waals surface area (Å²) in [4.78, 5) is 23.6. The summed E-state index contributed by atoms with van der Waals surface area (Å²) in [7, 11) is 0. The molecule has 0 radical (unpaired) electrons. The van der Waals surface area contributed by atoms with Crippen LogP contribution in [-0.4, -0.2) is 76.0 Å². The molecule has 5 aliphatic rings. The zero-order valence-corrected chi connectivity index (χ0v) is 34.3. The second-order valence-electron chi connectivity index (χ2n) is 17.8. The van der Waals surface area contributed by atoms with E-state index in [2.05, 4.69) is 65.9 Å². The van der Waals surface area contributed by atoms with Gasteiger partial charge in [-0.1, -0.05) is 24.3 Å². The molecule has 4 atom stereocenters. The third-order valence-electron chi connectivity index (χ3n) is 12.1. The number of carbonyl (C=O) groups excluding carboxylic acids is 2. The number of fused-ring (bicyclic) bond motifs is 2. The fourth-order valence-electron chi connectivity index (χ4n) is 9.29. The number of aromatic amines is 2. The number of rotatable bonds is 10. The number of ether oxygens (including phenoxy) is 3. The van der Waals surface area contributed by atoms with Crippen molar-refractivity contribution in [1.82, 2.24) is 31.0 Å². The number of H-pyrrole nitrogens is 2. The molecule has 3 heterocycles. The lowest BCUT2D eigenvalue weighted by Crippen LogP contribution is -2.43. The highest BCUT2D eigenvalue weighted by Gasteiger charge is 2.44. The number of hydrogen-bond donors (Lipinski definition) is 6. The highest BCUT2D eigenvalue weighted by molar-refractivity contribution is 5.68. The van der Waals surface area contributed by atoms with Gasteiger partial charge in [-0.05, 0) is 113 Å². The highest BCUT2D eigenvalue weighted by Crippen LogP contribution is 2.46. The Labute approximate surface area is 343 Å². The van der Waals surface area contributed by atoms with Gasteiger partial charge in [0.1, 0.15) is 12.2 Å². The van der Waals surface area contributed by atoms with Crippen molar-refractivity contribution in [3.63, 3.8) is 0 Å². The molecular formula is C44H56F2N8O5. The number of nitrogens with zero attached hydrogens (tertiary/aromatic N) is 2. The monoisotopic (exact) mass is 814 g/mol. The van der Waals surface area contributed by atoms with E-state index in [1.54, 1.807) is 18.2 Å². The first-order valence-electron chi connectivity index (χ1n) is 21.0. The fourth-order valence-corrected chi connectivity index (χ4v) is 9.29. The number of halogens is 2. The topological polar surface area (TPSA) is 167 Å². The van der Waals surface area contributed by atoms with Crippen LogP contribution in [0.2, 0.25) is 0 Å². The molecule has 2 aromatic carbocycles. The molecule has 0 bridgehead atoms. The molecule has 59 heavy (non-hydrogen) atoms. The van der Waals surface area contributed by atoms with E-state index in [1.165, 1.54) is 11.1 Å². The Bertz CT molecular complexity index is 2130. The van der Waals surface area contributed by atoms with E-state index in [9.17, 15) is 18.4 Å². The van der Waals surface area contributed by atoms with Crippen molar-refractivity contribution in [2.45, 2.75) is 134 Å². The minimum Gasteiger partial charge on any atom is -0.446 e. The zero-order valence-electron chi connectivity index (χ0n) is 34.3. The van der Waals surface area contributed by atoms with Crippen molar-refractivity contribution in [3.05, 3.63) is 82.2 Å². The standard InChI is InChI=1S/C23H30N4O3.C21H26F2N4O2/c1-14(2)24-22(28)30-17-7-6-15(8-17)20-9-21(27-26-20)25-19-5-3-4-16-10-23(11-18(16)19)12-29-13-23;1-12(2)24-20(28)29-15-7-6-13(8-15)18-9-19(27-26-18)25-17-5-3-4-14-10-21(22,23)11-16(14)17/h3-5,9,14-15,17H,6-8,10-13H2,1-2H3,(H,24,28)(H2,25,26,27);3-5,9,12-13,15H,6-8,10-11H2,1-2H3,(H,24,28)(H2,25,26,27)/t15-,17+;13-,15+/m00/s1. The van der Waals surface area contributed by atoms with E-state index >= 15 is 0 Å². The molecule has 2 aromatic heterocycles. The summed E-state index contributed by atoms with van der Waals surface area (Å²) in [5.41, 5.74) is 8.37. The van der Waals surface area contributed by atoms with E-state index < -0.39 is 5.92 Å². The van der Waals surface area contributed by atoms with Gasteiger partial charge in [-0.3, -0.25) is 10.2 Å². The summed E-state index contributed by atoms with van der Waals surface area (Å²) in [6.07, 6.45) is 6.01. The van der Waals surface area contributed by atoms with Crippen LogP contribution in [0.1, 0.15) is 112 Å². The Kier molecular flexibility index (Phi) is 11.6. The molecule has 6 N–H and O–H groups in total. The van der Waals surface area contributed by atoms with Gasteiger partial charge in [0, 0.05) is 77.1 Å². The van der Waals surface area contributed by atoms with Crippen molar-refractivity contribution in [2.24, 2.45) is 5.41 Å². The highest BCUT2D eigenvalue weighted by atomic mass is 19.3. The van der Waals surface area contributed by atoms with Crippen molar-refractivity contribution in [3.8, 4) is 0 Å². The van der Waals surface area contributed by atoms with Crippen LogP contribution in [0.25, 0.3) is 0 Å². The number of alkyl halides is 2. The summed E-state index contributed by atoms with van der Waals surface area (Å²) < 4.78 is 44.1. The first-order valence-corrected chi connectivity index (χ1v) is 21.0. The number of hydrogen-bond acceptors (Lipinski definition) is 9. The molecule has 13 nitrogen and oxygen atoms in total. The molecule has 4 aromatic rings. The molecule has 1 saturated heterocycles. The molecule has 1 spiro atoms. The maximum Gasteiger partial charge on any atom is 0.407 e. The largest absolute Gasteiger partial charge is 0.446 e. The first-order chi connectivity index (χ1) is 28.3. The summed E-state index contributed by atoms with van der Waals surface area (Å²) in [6.45, 7) is 9.38. The average molecular weight is 815 g/mol. The lowest BCUT2D eigenvalue weighted by molar-refractivity contribution is -0.106. The van der Waals surface area contributed by atoms with Crippen LogP contribution in [0.15, 0.2) is 48.5 Å². The Morgan fingerprint density at radius 3 is 1.68 bits per heavy atom. The summed E-state index contributed by atoms with van der Waals surface area (Å²) in [5.74, 6) is -0.684. The van der Waals surface area contributed by atoms with E-state index in [0.717, 1.165) is 87.5 Å². The van der Waals surface area contributed by atoms with Gasteiger partial charge >= 0.3 is 12.2 Å². The molecule has 9 rings (SSSR count). The van der Waals surface area contributed by atoms with E-state index in [0.29, 0.717) is 34.0 Å². The van der Waals surface area contributed by atoms with Gasteiger partial charge in [0.25, 0.3) is 5.92 Å². The SMILES string of the molecule is CC(C)NC(=O)O[C@@H]1CC[C@H](c2cc(Nc3cccc4c3CC(F)(F)C4)n[nH]2)C1.CC(C)NC(=O)O[C@@H]1CC[C@H](c2cc(Nc3cccc4c3CC3(COC3)C4)n[nH]2)C1. The minimum absolute atomic E-state index is 0.0354. The number of nitrogens with one attached hydrogen (secondary N) is 6. The lowest BCUT2D eigenvalue weighted by Gasteiger charge is -2.37. The first kappa shape index (κ1) is 40.6. The van der Waals surface area contributed by atoms with Crippen molar-refractivity contribution < 1.29 is 32.6 Å². The van der Waals surface area contributed by atoms with Gasteiger partial charge in [0.05, 0.1) is 13.2 Å². The maximum atomic E-state index is 13.8. The van der Waals surface area contributed by atoms with Gasteiger partial charge in [0.15, 0.2) is 11.6 Å². The molecular weight excluding hydrogens is 759 g/mol. The summed E-state index contributed by atoms with van der Waals surface area (Å²) in [5, 5.41) is 27.3. The van der Waals surface area contributed by atoms with Crippen molar-refractivity contribution >= 4 is 35.2 Å². The average Bonchev–Trinajstić information content (AvgIpc) is 4.00. The molecule has 1 aliphatic heterocycles. The van der Waals surface area contributed by atoms with Gasteiger partial charge in [-0.25, -0.2) is 18.4 Å². The number of aromatic nitrogens is 4. The quantitative estimate of drug-likeness (QED) is 0.0918. The molecule has 2 saturated carbocycles. The van der Waals surface area contributed by atoms with Crippen LogP contribution in [0.4, 0.5) is 41.4 Å². The van der Waals surface area contributed by atoms with E-state index in [-0.39, 0.29) is 55.2 Å². The molecule has 0 unspecified atom stereocenters. The van der Waals surface area contributed by atoms with Gasteiger partial charge in [0.2, 0.25) is 0 Å². The molecule has 316 valence electrons. The summed E-state index contributed by atoms with van der Waals surface area (Å²) in [6, 6.07) is 16.0. The molecule has 4 aliphatic carbocycles. The Balaban J connectivity index is 0.000000164. The third-order valence-corrected chi connectivity index (χ3v) is 12.1. The Hall–Kier alpha value is -5.18. The van der Waals surface area contributed by atoms with Crippen molar-refractivity contribution in [2.75, 3.05) is 23.8 Å². The number of carbonyl (C=O) groups is 2. The normalized spacial score (nSPS) is 23.3. The maximum absolute atomic E-state index is 13.8. The minimum atomic E-state index is -2.68. The predicted octanol–water partition coefficient (Wildman–Crippen LogP) is 8.70. The molecule has 2 amide bonds. The van der Waals surface area contributed by atoms with Crippen LogP contribution < -0.4 is 21.3 Å². The lowest BCUT2D eigenvalue weighted by atomic mass is 9.83. The second-order valence-corrected chi connectivity index (χ2v) is 17.8. The smallest absolute Gasteiger partial charge is 0.407 e. The van der Waals surface area contributed by atoms with Crippen molar-refractivity contribution in [1.29, 1.82) is 0 Å². The third kappa shape index (κ3) is 9.66. The predicted molar refractivity (Wildman–Crippen MR) is 220 cm³/mol. The Morgan fingerprint density at radius 1 is 0.712 bits per heavy atom. The van der Waals surface area contributed by atoms with Crippen LogP contribution >= 0.6 is 0 Å². The number of amides is 2. The zero-order chi connectivity index (χ0) is 41.3. The van der Waals surface area contributed by atoms with E-state index in [1.807, 2.05) is 33.8 Å². The number of anilines is 4. The van der Waals surface area contributed by atoms with Crippen LogP contribution in [-0.2, 0) is 39.9 Å². The van der Waals surface area contributed by atoms with E-state index in [4.69, 9.17) is 14.2 Å². The summed E-state index contributed by atoms with van der Waals surface area (Å²) >= 11 is 0. The van der Waals surface area contributed by atoms with Gasteiger partial charge in [-0.15, -0.1) is 0 Å². The second kappa shape index (κ2) is 16.8. The van der Waals surface area contributed by atoms with Gasteiger partial charge in [-0.2, -0.15) is 10.2 Å². The molecule has 3 fully saturated rings. The Morgan fingerprint density at radius 2 is 1.20 bits per heavy atom. The fraction of sp³-hybridized carbons (Fsp3) is 0.545. The van der Waals surface area contributed by atoms with Gasteiger partial charge < -0.3 is 35.5 Å². The van der Waals surface area contributed by atoms with Crippen LogP contribution in [0.3, 0.4) is 0 Å². The van der Waals surface area contributed by atoms with Crippen LogP contribution in [0.5, 0.6) is 0 Å². The number of benzene rings is 2. The number of alkyl carbamates (subject to hydrolysis) is 2.